The molecule has 3 amide bonds. The second kappa shape index (κ2) is 14.0. The van der Waals surface area contributed by atoms with Crippen LogP contribution in [0.2, 0.25) is 0 Å². The van der Waals surface area contributed by atoms with Gasteiger partial charge < -0.3 is 41.1 Å². The van der Waals surface area contributed by atoms with Crippen molar-refractivity contribution in [1.82, 2.24) is 20.4 Å². The molecule has 13 nitrogen and oxygen atoms in total. The van der Waals surface area contributed by atoms with E-state index in [2.05, 4.69) is 10.6 Å². The largest absolute Gasteiger partial charge is 0.508 e. The molecule has 2 aromatic rings. The Morgan fingerprint density at radius 3 is 1.98 bits per heavy atom. The van der Waals surface area contributed by atoms with E-state index in [0.29, 0.717) is 49.2 Å². The minimum absolute atomic E-state index is 0.0253. The van der Waals surface area contributed by atoms with Gasteiger partial charge in [-0.2, -0.15) is 0 Å². The molecule has 45 heavy (non-hydrogen) atoms. The Morgan fingerprint density at radius 2 is 1.47 bits per heavy atom. The lowest BCUT2D eigenvalue weighted by molar-refractivity contribution is -0.163. The van der Waals surface area contributed by atoms with Gasteiger partial charge in [0, 0.05) is 49.8 Å². The van der Waals surface area contributed by atoms with Crippen LogP contribution in [0.4, 0.5) is 0 Å². The second-order valence-electron chi connectivity index (χ2n) is 11.6. The molecule has 4 atom stereocenters. The minimum Gasteiger partial charge on any atom is -0.508 e. The predicted octanol–water partition coefficient (Wildman–Crippen LogP) is 1.55. The van der Waals surface area contributed by atoms with E-state index in [9.17, 15) is 44.7 Å². The zero-order chi connectivity index (χ0) is 33.0. The fourth-order valence-corrected chi connectivity index (χ4v) is 5.99. The Hall–Kier alpha value is -4.62. The van der Waals surface area contributed by atoms with Crippen molar-refractivity contribution in [3.63, 3.8) is 0 Å². The Balaban J connectivity index is 1.41. The van der Waals surface area contributed by atoms with Gasteiger partial charge >= 0.3 is 5.97 Å². The molecule has 2 aliphatic rings. The lowest BCUT2D eigenvalue weighted by Gasteiger charge is -2.46. The lowest BCUT2D eigenvalue weighted by Crippen LogP contribution is -2.63. The first-order chi connectivity index (χ1) is 21.3. The number of rotatable bonds is 14. The topological polar surface area (TPSA) is 200 Å². The smallest absolute Gasteiger partial charge is 0.352 e. The van der Waals surface area contributed by atoms with E-state index < -0.39 is 41.6 Å². The summed E-state index contributed by atoms with van der Waals surface area (Å²) in [6, 6.07) is 8.01. The highest BCUT2D eigenvalue weighted by atomic mass is 16.4. The van der Waals surface area contributed by atoms with Crippen LogP contribution < -0.4 is 10.6 Å². The van der Waals surface area contributed by atoms with E-state index in [1.165, 1.54) is 30.0 Å². The van der Waals surface area contributed by atoms with Gasteiger partial charge in [0.1, 0.15) is 11.4 Å². The number of carboxylic acid groups (broad SMARTS) is 1. The first kappa shape index (κ1) is 33.3. The number of aromatic hydroxyl groups is 3. The van der Waals surface area contributed by atoms with E-state index in [0.717, 1.165) is 6.07 Å². The summed E-state index contributed by atoms with van der Waals surface area (Å²) in [5.41, 5.74) is 1.67. The average Bonchev–Trinajstić information content (AvgIpc) is 3.23. The molecule has 4 rings (SSSR count). The Morgan fingerprint density at radius 1 is 0.911 bits per heavy atom. The molecular formula is C32H40N4O9. The molecule has 0 bridgehead atoms. The lowest BCUT2D eigenvalue weighted by atomic mass is 9.77. The number of phenolic OH excluding ortho intramolecular Hbond substituents is 3. The maximum absolute atomic E-state index is 12.8. The number of aliphatic hydroxyl groups excluding tert-OH is 1. The summed E-state index contributed by atoms with van der Waals surface area (Å²) in [5, 5.41) is 54.9. The van der Waals surface area contributed by atoms with Gasteiger partial charge in [0.2, 0.25) is 5.91 Å². The van der Waals surface area contributed by atoms with Gasteiger partial charge in [0.05, 0.1) is 18.1 Å². The first-order valence-corrected chi connectivity index (χ1v) is 14.9. The van der Waals surface area contributed by atoms with Crippen molar-refractivity contribution in [1.29, 1.82) is 0 Å². The number of fused-ring (bicyclic) bond motifs is 1. The number of hydrogen-bond acceptors (Lipinski definition) is 9. The zero-order valence-corrected chi connectivity index (χ0v) is 25.5. The fraction of sp³-hybridized carbons (Fsp3) is 0.438. The molecule has 242 valence electrons. The Bertz CT molecular complexity index is 1430. The fourth-order valence-electron chi connectivity index (χ4n) is 5.99. The van der Waals surface area contributed by atoms with E-state index in [1.54, 1.807) is 19.1 Å². The number of amides is 3. The maximum atomic E-state index is 12.8. The van der Waals surface area contributed by atoms with E-state index in [1.807, 2.05) is 11.8 Å². The monoisotopic (exact) mass is 624 g/mol. The van der Waals surface area contributed by atoms with E-state index in [-0.39, 0.29) is 47.7 Å². The average molecular weight is 625 g/mol. The standard InChI is InChI=1S/C32H40N4O9/c1-17-6-7-20(14-24(17)39)29(41)33-10-4-12-35(13-5-11-34-30(42)21-8-9-23(38)25(40)15-21)16-22-18(2)27-26(19(3)37)31(43)36(27)28(22)32(44)45/h6-9,14-15,18-19,26-27,37-40H,4-5,10-13,16H2,1-3H3,(H,33,41)(H,34,42)(H,44,45)/t18-,19+,26+,27+/m0/s1. The van der Waals surface area contributed by atoms with Crippen molar-refractivity contribution >= 4 is 23.7 Å². The predicted molar refractivity (Wildman–Crippen MR) is 163 cm³/mol. The molecule has 2 aromatic carbocycles. The molecule has 0 spiro atoms. The van der Waals surface area contributed by atoms with Gasteiger partial charge in [-0.25, -0.2) is 4.79 Å². The molecule has 1 saturated heterocycles. The summed E-state index contributed by atoms with van der Waals surface area (Å²) in [5.74, 6) is -4.09. The molecule has 0 saturated carbocycles. The van der Waals surface area contributed by atoms with Gasteiger partial charge in [-0.1, -0.05) is 13.0 Å². The molecule has 0 aromatic heterocycles. The molecule has 7 N–H and O–H groups in total. The molecule has 0 radical (unpaired) electrons. The number of benzene rings is 2. The highest BCUT2D eigenvalue weighted by molar-refractivity contribution is 6.00. The molecule has 0 aliphatic carbocycles. The number of carboxylic acids is 1. The number of nitrogens with zero attached hydrogens (tertiary/aromatic N) is 2. The van der Waals surface area contributed by atoms with Crippen LogP contribution in [0.1, 0.15) is 53.0 Å². The summed E-state index contributed by atoms with van der Waals surface area (Å²) in [6.07, 6.45) is 0.0803. The third-order valence-electron chi connectivity index (χ3n) is 8.49. The summed E-state index contributed by atoms with van der Waals surface area (Å²) in [6.45, 7) is 6.82. The molecule has 1 fully saturated rings. The Kier molecular flexibility index (Phi) is 10.3. The SMILES string of the molecule is Cc1ccc(C(=O)NCCCN(CCCNC(=O)c2ccc(O)c(O)c2)CC2=C(C(=O)O)N3C(=O)[C@H]([C@@H](C)O)[C@H]3[C@H]2C)cc1O. The Labute approximate surface area is 260 Å². The molecule has 0 unspecified atom stereocenters. The van der Waals surface area contributed by atoms with Crippen LogP contribution >= 0.6 is 0 Å². The number of carbonyl (C=O) groups excluding carboxylic acids is 3. The summed E-state index contributed by atoms with van der Waals surface area (Å²) in [7, 11) is 0. The van der Waals surface area contributed by atoms with Crippen molar-refractivity contribution < 1.29 is 44.7 Å². The van der Waals surface area contributed by atoms with Gasteiger partial charge in [0.15, 0.2) is 11.5 Å². The van der Waals surface area contributed by atoms with Crippen molar-refractivity contribution in [2.24, 2.45) is 11.8 Å². The number of β-lactam (4-membered cyclic amide) rings is 1. The number of phenols is 3. The van der Waals surface area contributed by atoms with Crippen molar-refractivity contribution in [3.8, 4) is 17.2 Å². The number of nitrogens with one attached hydrogen (secondary N) is 2. The third-order valence-corrected chi connectivity index (χ3v) is 8.49. The molecule has 13 heteroatoms. The second-order valence-corrected chi connectivity index (χ2v) is 11.6. The highest BCUT2D eigenvalue weighted by Gasteiger charge is 2.59. The van der Waals surface area contributed by atoms with Gasteiger partial charge in [-0.3, -0.25) is 19.3 Å². The quantitative estimate of drug-likeness (QED) is 0.0919. The van der Waals surface area contributed by atoms with Gasteiger partial charge in [-0.15, -0.1) is 0 Å². The number of carbonyl (C=O) groups is 4. The van der Waals surface area contributed by atoms with Crippen LogP contribution in [-0.2, 0) is 9.59 Å². The number of aryl methyl sites for hydroxylation is 1. The minimum atomic E-state index is -1.21. The van der Waals surface area contributed by atoms with Crippen LogP contribution in [0.25, 0.3) is 0 Å². The summed E-state index contributed by atoms with van der Waals surface area (Å²) in [4.78, 5) is 53.5. The normalized spacial score (nSPS) is 19.7. The molecule has 2 heterocycles. The van der Waals surface area contributed by atoms with Crippen LogP contribution in [0.3, 0.4) is 0 Å². The van der Waals surface area contributed by atoms with E-state index >= 15 is 0 Å². The van der Waals surface area contributed by atoms with E-state index in [4.69, 9.17) is 0 Å². The summed E-state index contributed by atoms with van der Waals surface area (Å²) < 4.78 is 0. The molecular weight excluding hydrogens is 584 g/mol. The van der Waals surface area contributed by atoms with Crippen molar-refractivity contribution in [3.05, 3.63) is 64.4 Å². The maximum Gasteiger partial charge on any atom is 0.352 e. The number of aliphatic carboxylic acids is 1. The first-order valence-electron chi connectivity index (χ1n) is 14.9. The van der Waals surface area contributed by atoms with Crippen LogP contribution in [-0.4, -0.2) is 104 Å². The molecule has 2 aliphatic heterocycles. The van der Waals surface area contributed by atoms with Crippen LogP contribution in [0.15, 0.2) is 47.7 Å². The van der Waals surface area contributed by atoms with Gasteiger partial charge in [-0.05, 0) is 68.2 Å². The zero-order valence-electron chi connectivity index (χ0n) is 25.5. The highest BCUT2D eigenvalue weighted by Crippen LogP contribution is 2.47. The number of hydrogen-bond donors (Lipinski definition) is 7. The van der Waals surface area contributed by atoms with Crippen molar-refractivity contribution in [2.75, 3.05) is 32.7 Å². The number of aliphatic hydroxyl groups is 1. The van der Waals surface area contributed by atoms with Crippen molar-refractivity contribution in [2.45, 2.75) is 45.8 Å². The third kappa shape index (κ3) is 7.21. The van der Waals surface area contributed by atoms with Crippen LogP contribution in [0.5, 0.6) is 17.2 Å². The van der Waals surface area contributed by atoms with Gasteiger partial charge in [0.25, 0.3) is 11.8 Å². The summed E-state index contributed by atoms with van der Waals surface area (Å²) >= 11 is 0. The van der Waals surface area contributed by atoms with Crippen LogP contribution in [0, 0.1) is 18.8 Å².